The summed E-state index contributed by atoms with van der Waals surface area (Å²) < 4.78 is 83.8. The largest absolute Gasteiger partial charge is 3.00 e. The molecule has 0 bridgehead atoms. The van der Waals surface area contributed by atoms with Gasteiger partial charge in [0.15, 0.2) is 0 Å². The second-order valence-electron chi connectivity index (χ2n) is 19.8. The monoisotopic (exact) mass is 1160 g/mol. The number of nitrogens with zero attached hydrogens (tertiary/aromatic N) is 3. The molecule has 0 unspecified atom stereocenters. The molecule has 0 amide bonds. The first kappa shape index (κ1) is 42.2. The summed E-state index contributed by atoms with van der Waals surface area (Å²) >= 11 is 1.40. The molecular formula is C68H55FIrN3S. The maximum Gasteiger partial charge on any atom is 3.00 e. The number of fused-ring (bicyclic) bond motifs is 3. The molecule has 0 N–H and O–H groups in total. The minimum absolute atomic E-state index is 0. The number of pyridine rings is 3. The minimum Gasteiger partial charge on any atom is -0.304 e. The topological polar surface area (TPSA) is 38.7 Å². The van der Waals surface area contributed by atoms with Crippen molar-refractivity contribution >= 4 is 31.5 Å². The van der Waals surface area contributed by atoms with Crippen LogP contribution in [0.25, 0.3) is 76.2 Å². The molecule has 0 spiro atoms. The third kappa shape index (κ3) is 10.5. The Morgan fingerprint density at radius 2 is 1.14 bits per heavy atom. The van der Waals surface area contributed by atoms with Crippen LogP contribution in [0.4, 0.5) is 4.39 Å². The van der Waals surface area contributed by atoms with E-state index in [9.17, 15) is 5.48 Å². The third-order valence-electron chi connectivity index (χ3n) is 13.7. The zero-order chi connectivity index (χ0) is 56.2. The predicted molar refractivity (Wildman–Crippen MR) is 301 cm³/mol. The molecule has 0 saturated heterocycles. The number of aromatic nitrogens is 3. The van der Waals surface area contributed by atoms with Crippen LogP contribution in [0.1, 0.15) is 76.2 Å². The first-order chi connectivity index (χ1) is 38.2. The van der Waals surface area contributed by atoms with E-state index >= 15 is 4.39 Å². The fraction of sp³-hybridized carbons (Fsp3) is 0.162. The Bertz CT molecular complexity index is 3940. The van der Waals surface area contributed by atoms with Crippen molar-refractivity contribution in [3.63, 3.8) is 0 Å². The molecule has 6 heteroatoms. The van der Waals surface area contributed by atoms with Crippen molar-refractivity contribution < 1.29 is 34.1 Å². The number of aryl methyl sites for hydroxylation is 3. The molecule has 4 aromatic heterocycles. The maximum atomic E-state index is 15.8. The van der Waals surface area contributed by atoms with Gasteiger partial charge in [0.05, 0.1) is 0 Å². The second-order valence-corrected chi connectivity index (χ2v) is 20.9. The van der Waals surface area contributed by atoms with Crippen molar-refractivity contribution in [3.8, 4) is 56.0 Å². The van der Waals surface area contributed by atoms with Crippen molar-refractivity contribution in [2.24, 2.45) is 0 Å². The number of halogens is 1. The zero-order valence-corrected chi connectivity index (χ0v) is 44.6. The number of hydrogen-bond acceptors (Lipinski definition) is 4. The quantitative estimate of drug-likeness (QED) is 0.102. The first-order valence-electron chi connectivity index (χ1n) is 27.9. The van der Waals surface area contributed by atoms with Crippen LogP contribution in [0, 0.1) is 30.9 Å². The van der Waals surface area contributed by atoms with Gasteiger partial charge < -0.3 is 15.0 Å². The molecule has 0 aliphatic heterocycles. The van der Waals surface area contributed by atoms with Crippen LogP contribution in [-0.4, -0.2) is 15.0 Å². The minimum atomic E-state index is -2.82. The molecule has 4 heterocycles. The Morgan fingerprint density at radius 3 is 1.74 bits per heavy atom. The maximum absolute atomic E-state index is 15.8. The van der Waals surface area contributed by atoms with Crippen LogP contribution in [0.15, 0.2) is 195 Å². The zero-order valence-electron chi connectivity index (χ0n) is 48.4. The molecule has 0 atom stereocenters. The van der Waals surface area contributed by atoms with Gasteiger partial charge in [-0.1, -0.05) is 142 Å². The summed E-state index contributed by atoms with van der Waals surface area (Å²) in [4.78, 5) is 14.6. The average molecular weight is 1160 g/mol. The Kier molecular flexibility index (Phi) is 12.2. The van der Waals surface area contributed by atoms with Gasteiger partial charge >= 0.3 is 20.1 Å². The molecule has 3 nitrogen and oxygen atoms in total. The molecular weight excluding hydrogens is 1100 g/mol. The van der Waals surface area contributed by atoms with E-state index in [0.717, 1.165) is 70.5 Å². The van der Waals surface area contributed by atoms with Gasteiger partial charge in [-0.05, 0) is 132 Å². The van der Waals surface area contributed by atoms with Crippen LogP contribution in [0.2, 0.25) is 0 Å². The number of benzene rings is 7. The van der Waals surface area contributed by atoms with E-state index in [4.69, 9.17) is 19.1 Å². The van der Waals surface area contributed by atoms with Crippen molar-refractivity contribution in [3.05, 3.63) is 257 Å². The molecule has 0 saturated carbocycles. The van der Waals surface area contributed by atoms with Crippen LogP contribution < -0.4 is 0 Å². The van der Waals surface area contributed by atoms with E-state index in [1.807, 2.05) is 109 Å². The van der Waals surface area contributed by atoms with Crippen LogP contribution in [0.5, 0.6) is 0 Å². The summed E-state index contributed by atoms with van der Waals surface area (Å²) in [6.45, 7) is 5.88. The normalized spacial score (nSPS) is 13.7. The van der Waals surface area contributed by atoms with E-state index in [0.29, 0.717) is 29.7 Å². The van der Waals surface area contributed by atoms with Gasteiger partial charge in [0.1, 0.15) is 5.82 Å². The van der Waals surface area contributed by atoms with E-state index < -0.39 is 30.4 Å². The Balaban J connectivity index is 0.00000736. The number of rotatable bonds is 14. The number of hydrogen-bond donors (Lipinski definition) is 0. The first-order valence-corrected chi connectivity index (χ1v) is 25.2. The summed E-state index contributed by atoms with van der Waals surface area (Å²) in [5, 5.41) is 1.69. The second kappa shape index (κ2) is 21.3. The smallest absolute Gasteiger partial charge is 0.304 e. The van der Waals surface area contributed by atoms with Crippen molar-refractivity contribution in [1.29, 1.82) is 0 Å². The summed E-state index contributed by atoms with van der Waals surface area (Å²) in [6.07, 6.45) is 0.459. The van der Waals surface area contributed by atoms with Crippen molar-refractivity contribution in [2.45, 2.75) is 71.0 Å². The Hall–Kier alpha value is -7.21. The SMILES string of the molecule is [2H]C([2H])([2H])c1ccccc1-c1cc(-c2[c-]ccc3c2sc2c(-c4ccccc4)c(F)ccc23)ncc1C([2H])([2H])C([2H])([2H])c1cc(CC(C)(C)c2ccc(-c3[c-]cccc3)nc2)cc(CC(C)(C)c2ccc(-c3[c-]cccc3)nc2)c1.[Ir+3]. The van der Waals surface area contributed by atoms with Crippen LogP contribution >= 0.6 is 11.3 Å². The van der Waals surface area contributed by atoms with E-state index in [2.05, 4.69) is 64.1 Å². The fourth-order valence-corrected chi connectivity index (χ4v) is 11.3. The summed E-state index contributed by atoms with van der Waals surface area (Å²) in [7, 11) is 0. The van der Waals surface area contributed by atoms with E-state index in [1.165, 1.54) is 29.7 Å². The van der Waals surface area contributed by atoms with Crippen molar-refractivity contribution in [2.75, 3.05) is 0 Å². The standard InChI is InChI=1S/C68H55FN3S.Ir/c1-45-18-15-16-25-55(45)59-39-63(58-27-17-26-56-57-32-33-60(69)64(66(57)73-65(56)58)51-23-13-8-14-24-51)70-42-52(59)29-28-46-36-47(40-67(2,3)53-30-34-61(71-43-53)49-19-9-6-10-20-49)38-48(37-46)41-68(4,5)54-31-35-62(72-44-54)50-21-11-7-12-22-50;/h6-19,21,23-26,30-39,42-44H,28-29,40-41H2,1-5H3;/q-3;+3/i1D3,28D2,29D2;. The number of thiophene rings is 1. The van der Waals surface area contributed by atoms with Gasteiger partial charge in [-0.25, -0.2) is 4.39 Å². The van der Waals surface area contributed by atoms with Gasteiger partial charge in [0.25, 0.3) is 0 Å². The van der Waals surface area contributed by atoms with Gasteiger partial charge in [-0.15, -0.1) is 95.6 Å². The summed E-state index contributed by atoms with van der Waals surface area (Å²) in [5.41, 5.74) is 8.37. The Morgan fingerprint density at radius 1 is 0.541 bits per heavy atom. The Labute approximate surface area is 462 Å². The molecule has 0 aliphatic carbocycles. The molecule has 0 fully saturated rings. The molecule has 11 aromatic rings. The van der Waals surface area contributed by atoms with E-state index in [1.54, 1.807) is 48.5 Å². The van der Waals surface area contributed by atoms with Crippen LogP contribution in [-0.2, 0) is 56.5 Å². The van der Waals surface area contributed by atoms with Gasteiger partial charge in [0.2, 0.25) is 0 Å². The van der Waals surface area contributed by atoms with Crippen molar-refractivity contribution in [1.82, 2.24) is 15.0 Å². The predicted octanol–water partition coefficient (Wildman–Crippen LogP) is 17.2. The molecule has 0 aliphatic rings. The van der Waals surface area contributed by atoms with Crippen LogP contribution in [0.3, 0.4) is 0 Å². The summed E-state index contributed by atoms with van der Waals surface area (Å²) in [6, 6.07) is 63.4. The molecule has 7 aromatic carbocycles. The van der Waals surface area contributed by atoms with Gasteiger partial charge in [-0.2, -0.15) is 11.3 Å². The summed E-state index contributed by atoms with van der Waals surface area (Å²) in [5.74, 6) is -0.358. The van der Waals surface area contributed by atoms with E-state index in [-0.39, 0.29) is 53.7 Å². The third-order valence-corrected chi connectivity index (χ3v) is 15.0. The van der Waals surface area contributed by atoms with Gasteiger partial charge in [-0.3, -0.25) is 0 Å². The average Bonchev–Trinajstić information content (AvgIpc) is 4.11. The molecule has 0 radical (unpaired) electrons. The molecule has 364 valence electrons. The molecule has 74 heavy (non-hydrogen) atoms. The fourth-order valence-electron chi connectivity index (χ4n) is 9.89. The van der Waals surface area contributed by atoms with Gasteiger partial charge in [0, 0.05) is 38.4 Å². The molecule has 11 rings (SSSR count).